The van der Waals surface area contributed by atoms with Crippen LogP contribution < -0.4 is 4.74 Å². The van der Waals surface area contributed by atoms with Gasteiger partial charge < -0.3 is 19.1 Å². The molecule has 24 heavy (non-hydrogen) atoms. The van der Waals surface area contributed by atoms with Gasteiger partial charge in [0.15, 0.2) is 0 Å². The van der Waals surface area contributed by atoms with Gasteiger partial charge in [0.1, 0.15) is 5.54 Å². The molecular formula is C16H24N4O4. The number of hydrogen-bond acceptors (Lipinski definition) is 6. The van der Waals surface area contributed by atoms with E-state index in [9.17, 15) is 9.59 Å². The Kier molecular flexibility index (Phi) is 4.49. The fourth-order valence-corrected chi connectivity index (χ4v) is 3.63. The van der Waals surface area contributed by atoms with Crippen molar-refractivity contribution < 1.29 is 18.8 Å². The van der Waals surface area contributed by atoms with Gasteiger partial charge in [-0.05, 0) is 32.0 Å². The number of carbonyl (C=O) groups is 2. The van der Waals surface area contributed by atoms with Crippen LogP contribution in [0.25, 0.3) is 0 Å². The molecule has 132 valence electrons. The molecule has 2 aliphatic rings. The summed E-state index contributed by atoms with van der Waals surface area (Å²) in [6, 6.07) is 1.49. The van der Waals surface area contributed by atoms with E-state index in [4.69, 9.17) is 9.26 Å². The number of hydrogen-bond donors (Lipinski definition) is 0. The van der Waals surface area contributed by atoms with E-state index in [1.807, 2.05) is 18.9 Å². The summed E-state index contributed by atoms with van der Waals surface area (Å²) in [4.78, 5) is 31.2. The molecule has 0 aliphatic carbocycles. The SMILES string of the molecule is CCN1CCN(C)C2(CCN(C(=O)c3cc(OC)no3)CC2)C1=O. The van der Waals surface area contributed by atoms with Crippen LogP contribution in [0.5, 0.6) is 5.88 Å². The van der Waals surface area contributed by atoms with Crippen LogP contribution in [0.15, 0.2) is 10.6 Å². The van der Waals surface area contributed by atoms with Gasteiger partial charge in [-0.25, -0.2) is 0 Å². The molecule has 2 saturated heterocycles. The predicted octanol–water partition coefficient (Wildman–Crippen LogP) is 0.452. The second-order valence-corrected chi connectivity index (χ2v) is 6.36. The van der Waals surface area contributed by atoms with E-state index in [-0.39, 0.29) is 23.5 Å². The van der Waals surface area contributed by atoms with E-state index in [0.29, 0.717) is 25.9 Å². The molecular weight excluding hydrogens is 312 g/mol. The summed E-state index contributed by atoms with van der Waals surface area (Å²) in [5.41, 5.74) is -0.482. The highest BCUT2D eigenvalue weighted by atomic mass is 16.5. The van der Waals surface area contributed by atoms with Gasteiger partial charge >= 0.3 is 0 Å². The normalized spacial score (nSPS) is 21.4. The Morgan fingerprint density at radius 2 is 2.04 bits per heavy atom. The number of aromatic nitrogens is 1. The van der Waals surface area contributed by atoms with Gasteiger partial charge in [0, 0.05) is 32.7 Å². The molecule has 0 N–H and O–H groups in total. The van der Waals surface area contributed by atoms with Crippen molar-refractivity contribution in [2.24, 2.45) is 0 Å². The lowest BCUT2D eigenvalue weighted by molar-refractivity contribution is -0.153. The fourth-order valence-electron chi connectivity index (χ4n) is 3.63. The van der Waals surface area contributed by atoms with Gasteiger partial charge in [-0.1, -0.05) is 0 Å². The van der Waals surface area contributed by atoms with Crippen LogP contribution in [-0.4, -0.2) is 84.1 Å². The van der Waals surface area contributed by atoms with Crippen molar-refractivity contribution in [1.29, 1.82) is 0 Å². The van der Waals surface area contributed by atoms with Gasteiger partial charge in [0.25, 0.3) is 11.8 Å². The highest BCUT2D eigenvalue weighted by Gasteiger charge is 2.49. The Bertz CT molecular complexity index is 621. The first kappa shape index (κ1) is 16.8. The zero-order chi connectivity index (χ0) is 17.3. The van der Waals surface area contributed by atoms with Gasteiger partial charge in [0.2, 0.25) is 11.7 Å². The van der Waals surface area contributed by atoms with Gasteiger partial charge in [0.05, 0.1) is 13.2 Å². The lowest BCUT2D eigenvalue weighted by atomic mass is 9.82. The quantitative estimate of drug-likeness (QED) is 0.797. The van der Waals surface area contributed by atoms with Crippen LogP contribution in [0, 0.1) is 0 Å². The van der Waals surface area contributed by atoms with Crippen LogP contribution in [0.3, 0.4) is 0 Å². The van der Waals surface area contributed by atoms with E-state index < -0.39 is 5.54 Å². The molecule has 2 fully saturated rings. The monoisotopic (exact) mass is 336 g/mol. The second kappa shape index (κ2) is 6.43. The van der Waals surface area contributed by atoms with Gasteiger partial charge in [-0.2, -0.15) is 0 Å². The molecule has 0 atom stereocenters. The maximum Gasteiger partial charge on any atom is 0.292 e. The van der Waals surface area contributed by atoms with E-state index in [2.05, 4.69) is 10.1 Å². The summed E-state index contributed by atoms with van der Waals surface area (Å²) in [6.45, 7) is 5.42. The number of carbonyl (C=O) groups excluding carboxylic acids is 2. The molecule has 0 unspecified atom stereocenters. The maximum absolute atomic E-state index is 12.9. The maximum atomic E-state index is 12.9. The third-order valence-corrected chi connectivity index (χ3v) is 5.29. The summed E-state index contributed by atoms with van der Waals surface area (Å²) in [5, 5.41) is 3.67. The molecule has 1 aromatic rings. The molecule has 2 amide bonds. The Labute approximate surface area is 141 Å². The Morgan fingerprint density at radius 1 is 1.33 bits per heavy atom. The minimum Gasteiger partial charge on any atom is -0.479 e. The van der Waals surface area contributed by atoms with E-state index in [1.165, 1.54) is 13.2 Å². The van der Waals surface area contributed by atoms with E-state index in [0.717, 1.165) is 19.6 Å². The van der Waals surface area contributed by atoms with Crippen LogP contribution in [-0.2, 0) is 4.79 Å². The lowest BCUT2D eigenvalue weighted by Gasteiger charge is -2.51. The van der Waals surface area contributed by atoms with Crippen molar-refractivity contribution in [3.63, 3.8) is 0 Å². The molecule has 8 nitrogen and oxygen atoms in total. The lowest BCUT2D eigenvalue weighted by Crippen LogP contribution is -2.67. The second-order valence-electron chi connectivity index (χ2n) is 6.36. The average Bonchev–Trinajstić information content (AvgIpc) is 3.09. The summed E-state index contributed by atoms with van der Waals surface area (Å²) < 4.78 is 9.97. The van der Waals surface area contributed by atoms with Crippen molar-refractivity contribution in [1.82, 2.24) is 19.9 Å². The van der Waals surface area contributed by atoms with Crippen molar-refractivity contribution in [2.45, 2.75) is 25.3 Å². The predicted molar refractivity (Wildman–Crippen MR) is 85.8 cm³/mol. The Balaban J connectivity index is 1.70. The van der Waals surface area contributed by atoms with Crippen molar-refractivity contribution >= 4 is 11.8 Å². The van der Waals surface area contributed by atoms with Crippen molar-refractivity contribution in [2.75, 3.05) is 46.9 Å². The van der Waals surface area contributed by atoms with Crippen LogP contribution in [0.1, 0.15) is 30.3 Å². The number of piperazine rings is 1. The number of ether oxygens (including phenoxy) is 1. The molecule has 1 spiro atoms. The molecule has 3 rings (SSSR count). The van der Waals surface area contributed by atoms with Gasteiger partial charge in [-0.3, -0.25) is 14.5 Å². The zero-order valence-corrected chi connectivity index (χ0v) is 14.4. The number of nitrogens with zero attached hydrogens (tertiary/aromatic N) is 4. The number of likely N-dealkylation sites (tertiary alicyclic amines) is 1. The minimum atomic E-state index is -0.482. The highest BCUT2D eigenvalue weighted by Crippen LogP contribution is 2.33. The average molecular weight is 336 g/mol. The standard InChI is InChI=1S/C16H24N4O4/c1-4-19-10-9-18(2)16(15(19)22)5-7-20(8-6-16)14(21)12-11-13(23-3)17-24-12/h11H,4-10H2,1-3H3. The number of rotatable bonds is 3. The first-order valence-corrected chi connectivity index (χ1v) is 8.32. The molecule has 1 aromatic heterocycles. The van der Waals surface area contributed by atoms with E-state index >= 15 is 0 Å². The zero-order valence-electron chi connectivity index (χ0n) is 14.4. The van der Waals surface area contributed by atoms with Crippen LogP contribution in [0.2, 0.25) is 0 Å². The topological polar surface area (TPSA) is 79.1 Å². The summed E-state index contributed by atoms with van der Waals surface area (Å²) in [5.74, 6) is 0.431. The number of likely N-dealkylation sites (N-methyl/N-ethyl adjacent to an activating group) is 2. The molecule has 3 heterocycles. The first-order valence-electron chi connectivity index (χ1n) is 8.32. The van der Waals surface area contributed by atoms with Crippen LogP contribution >= 0.6 is 0 Å². The van der Waals surface area contributed by atoms with E-state index in [1.54, 1.807) is 4.90 Å². The molecule has 0 bridgehead atoms. The smallest absolute Gasteiger partial charge is 0.292 e. The first-order chi connectivity index (χ1) is 11.5. The Morgan fingerprint density at radius 3 is 2.62 bits per heavy atom. The number of amides is 2. The Hall–Kier alpha value is -2.09. The fraction of sp³-hybridized carbons (Fsp3) is 0.688. The third-order valence-electron chi connectivity index (χ3n) is 5.29. The molecule has 0 saturated carbocycles. The molecule has 0 aromatic carbocycles. The number of methoxy groups -OCH3 is 1. The third kappa shape index (κ3) is 2.64. The molecule has 2 aliphatic heterocycles. The van der Waals surface area contributed by atoms with Crippen LogP contribution in [0.4, 0.5) is 0 Å². The number of piperidine rings is 1. The highest BCUT2D eigenvalue weighted by molar-refractivity contribution is 5.92. The minimum absolute atomic E-state index is 0.168. The van der Waals surface area contributed by atoms with Gasteiger partial charge in [-0.15, -0.1) is 0 Å². The molecule has 0 radical (unpaired) electrons. The summed E-state index contributed by atoms with van der Waals surface area (Å²) >= 11 is 0. The molecule has 8 heteroatoms. The van der Waals surface area contributed by atoms with Crippen molar-refractivity contribution in [3.8, 4) is 5.88 Å². The summed E-state index contributed by atoms with van der Waals surface area (Å²) in [6.07, 6.45) is 1.27. The largest absolute Gasteiger partial charge is 0.479 e. The summed E-state index contributed by atoms with van der Waals surface area (Å²) in [7, 11) is 3.48. The van der Waals surface area contributed by atoms with Crippen molar-refractivity contribution in [3.05, 3.63) is 11.8 Å².